The van der Waals surface area contributed by atoms with E-state index in [1.54, 1.807) is 6.33 Å². The van der Waals surface area contributed by atoms with Gasteiger partial charge in [-0.25, -0.2) is 9.97 Å². The molecule has 0 unspecified atom stereocenters. The van der Waals surface area contributed by atoms with Crippen molar-refractivity contribution in [3.8, 4) is 6.07 Å². The summed E-state index contributed by atoms with van der Waals surface area (Å²) in [5, 5.41) is 8.58. The summed E-state index contributed by atoms with van der Waals surface area (Å²) in [4.78, 5) is 10.7. The van der Waals surface area contributed by atoms with Crippen molar-refractivity contribution in [1.82, 2.24) is 9.97 Å². The van der Waals surface area contributed by atoms with Gasteiger partial charge < -0.3 is 4.90 Å². The van der Waals surface area contributed by atoms with Crippen molar-refractivity contribution < 1.29 is 0 Å². The summed E-state index contributed by atoms with van der Waals surface area (Å²) in [6, 6.07) is 4.23. The van der Waals surface area contributed by atoms with Gasteiger partial charge in [0, 0.05) is 31.3 Å². The molecule has 0 atom stereocenters. The lowest BCUT2D eigenvalue weighted by atomic mass is 10.0. The third kappa shape index (κ3) is 2.94. The third-order valence-corrected chi connectivity index (χ3v) is 3.40. The molecule has 0 N–H and O–H groups in total. The average Bonchev–Trinajstić information content (AvgIpc) is 2.90. The molecule has 1 fully saturated rings. The number of nitriles is 1. The van der Waals surface area contributed by atoms with Gasteiger partial charge in [0.2, 0.25) is 0 Å². The van der Waals surface area contributed by atoms with Crippen molar-refractivity contribution in [3.63, 3.8) is 0 Å². The zero-order valence-corrected chi connectivity index (χ0v) is 10.3. The molecule has 1 aliphatic carbocycles. The first-order chi connectivity index (χ1) is 8.31. The molecule has 1 heterocycles. The summed E-state index contributed by atoms with van der Waals surface area (Å²) in [7, 11) is 1.97. The zero-order chi connectivity index (χ0) is 12.1. The molecule has 0 bridgehead atoms. The topological polar surface area (TPSA) is 52.8 Å². The maximum atomic E-state index is 8.58. The highest BCUT2D eigenvalue weighted by atomic mass is 15.2. The molecule has 1 aromatic rings. The Balaban J connectivity index is 2.08. The molecule has 0 amide bonds. The molecule has 90 valence electrons. The van der Waals surface area contributed by atoms with Gasteiger partial charge >= 0.3 is 0 Å². The van der Waals surface area contributed by atoms with Crippen LogP contribution in [0.25, 0.3) is 0 Å². The van der Waals surface area contributed by atoms with Gasteiger partial charge in [0.1, 0.15) is 12.1 Å². The highest BCUT2D eigenvalue weighted by Crippen LogP contribution is 2.33. The molecule has 17 heavy (non-hydrogen) atoms. The Morgan fingerprint density at radius 1 is 1.41 bits per heavy atom. The molecule has 0 spiro atoms. The number of anilines is 1. The lowest BCUT2D eigenvalue weighted by Gasteiger charge is -2.17. The molecule has 1 saturated carbocycles. The summed E-state index contributed by atoms with van der Waals surface area (Å²) in [6.45, 7) is 0.720. The van der Waals surface area contributed by atoms with Gasteiger partial charge in [-0.2, -0.15) is 5.26 Å². The van der Waals surface area contributed by atoms with E-state index in [-0.39, 0.29) is 0 Å². The molecular weight excluding hydrogens is 212 g/mol. The van der Waals surface area contributed by atoms with E-state index in [0.717, 1.165) is 18.1 Å². The van der Waals surface area contributed by atoms with E-state index in [1.165, 1.54) is 25.7 Å². The molecule has 1 aromatic heterocycles. The van der Waals surface area contributed by atoms with Crippen LogP contribution < -0.4 is 4.90 Å². The number of hydrogen-bond donors (Lipinski definition) is 0. The van der Waals surface area contributed by atoms with Crippen molar-refractivity contribution in [2.24, 2.45) is 0 Å². The smallest absolute Gasteiger partial charge is 0.131 e. The Morgan fingerprint density at radius 3 is 2.88 bits per heavy atom. The molecular formula is C13H18N4. The SMILES string of the molecule is CN(CCC#N)c1cc(C2CCCC2)ncn1. The van der Waals surface area contributed by atoms with E-state index in [4.69, 9.17) is 5.26 Å². The summed E-state index contributed by atoms with van der Waals surface area (Å²) in [5.74, 6) is 1.54. The van der Waals surface area contributed by atoms with Gasteiger partial charge in [-0.15, -0.1) is 0 Å². The predicted molar refractivity (Wildman–Crippen MR) is 66.7 cm³/mol. The Morgan fingerprint density at radius 2 is 2.18 bits per heavy atom. The van der Waals surface area contributed by atoms with Gasteiger partial charge in [-0.1, -0.05) is 12.8 Å². The first-order valence-electron chi connectivity index (χ1n) is 6.21. The van der Waals surface area contributed by atoms with E-state index >= 15 is 0 Å². The molecule has 0 aliphatic heterocycles. The fourth-order valence-corrected chi connectivity index (χ4v) is 2.35. The van der Waals surface area contributed by atoms with E-state index in [1.807, 2.05) is 11.9 Å². The largest absolute Gasteiger partial charge is 0.359 e. The monoisotopic (exact) mass is 230 g/mol. The standard InChI is InChI=1S/C13H18N4/c1-17(8-4-7-14)13-9-12(15-10-16-13)11-5-2-3-6-11/h9-11H,2-6,8H2,1H3. The van der Waals surface area contributed by atoms with Crippen LogP contribution in [0.5, 0.6) is 0 Å². The highest BCUT2D eigenvalue weighted by Gasteiger charge is 2.19. The highest BCUT2D eigenvalue weighted by molar-refractivity contribution is 5.38. The molecule has 0 radical (unpaired) electrons. The van der Waals surface area contributed by atoms with Crippen LogP contribution in [-0.2, 0) is 0 Å². The normalized spacial score (nSPS) is 15.8. The van der Waals surface area contributed by atoms with Gasteiger partial charge in [-0.3, -0.25) is 0 Å². The second kappa shape index (κ2) is 5.62. The van der Waals surface area contributed by atoms with Gasteiger partial charge in [0.05, 0.1) is 12.5 Å². The van der Waals surface area contributed by atoms with Crippen molar-refractivity contribution in [3.05, 3.63) is 18.1 Å². The predicted octanol–water partition coefficient (Wildman–Crippen LogP) is 2.48. The van der Waals surface area contributed by atoms with Crippen LogP contribution in [-0.4, -0.2) is 23.6 Å². The minimum absolute atomic E-state index is 0.527. The van der Waals surface area contributed by atoms with E-state index in [2.05, 4.69) is 22.1 Å². The van der Waals surface area contributed by atoms with Crippen LogP contribution in [0.1, 0.15) is 43.7 Å². The molecule has 4 heteroatoms. The van der Waals surface area contributed by atoms with E-state index in [0.29, 0.717) is 12.3 Å². The Bertz CT molecular complexity index is 404. The van der Waals surface area contributed by atoms with Gasteiger partial charge in [0.15, 0.2) is 0 Å². The average molecular weight is 230 g/mol. The van der Waals surface area contributed by atoms with Crippen molar-refractivity contribution >= 4 is 5.82 Å². The fraction of sp³-hybridized carbons (Fsp3) is 0.615. The van der Waals surface area contributed by atoms with Crippen molar-refractivity contribution in [2.45, 2.75) is 38.0 Å². The molecule has 1 aliphatic rings. The molecule has 0 aromatic carbocycles. The van der Waals surface area contributed by atoms with Crippen LogP contribution >= 0.6 is 0 Å². The lowest BCUT2D eigenvalue weighted by Crippen LogP contribution is -2.19. The Labute approximate surface area is 102 Å². The quantitative estimate of drug-likeness (QED) is 0.797. The maximum Gasteiger partial charge on any atom is 0.131 e. The second-order valence-electron chi connectivity index (χ2n) is 4.61. The molecule has 0 saturated heterocycles. The van der Waals surface area contributed by atoms with Crippen LogP contribution in [0.4, 0.5) is 5.82 Å². The van der Waals surface area contributed by atoms with E-state index in [9.17, 15) is 0 Å². The number of rotatable bonds is 4. The number of aromatic nitrogens is 2. The third-order valence-electron chi connectivity index (χ3n) is 3.40. The van der Waals surface area contributed by atoms with Gasteiger partial charge in [-0.05, 0) is 12.8 Å². The summed E-state index contributed by atoms with van der Waals surface area (Å²) >= 11 is 0. The second-order valence-corrected chi connectivity index (χ2v) is 4.61. The molecule has 2 rings (SSSR count). The first-order valence-corrected chi connectivity index (χ1v) is 6.21. The fourth-order valence-electron chi connectivity index (χ4n) is 2.35. The zero-order valence-electron chi connectivity index (χ0n) is 10.3. The Kier molecular flexibility index (Phi) is 3.92. The number of nitrogens with zero attached hydrogens (tertiary/aromatic N) is 4. The first kappa shape index (κ1) is 11.8. The van der Waals surface area contributed by atoms with Crippen LogP contribution in [0.15, 0.2) is 12.4 Å². The minimum atomic E-state index is 0.527. The Hall–Kier alpha value is -1.63. The minimum Gasteiger partial charge on any atom is -0.359 e. The van der Waals surface area contributed by atoms with Crippen LogP contribution in [0.3, 0.4) is 0 Å². The molecule has 4 nitrogen and oxygen atoms in total. The van der Waals surface area contributed by atoms with Crippen LogP contribution in [0.2, 0.25) is 0 Å². The number of hydrogen-bond acceptors (Lipinski definition) is 4. The maximum absolute atomic E-state index is 8.58. The van der Waals surface area contributed by atoms with Crippen molar-refractivity contribution in [2.75, 3.05) is 18.5 Å². The van der Waals surface area contributed by atoms with Crippen molar-refractivity contribution in [1.29, 1.82) is 5.26 Å². The lowest BCUT2D eigenvalue weighted by molar-refractivity contribution is 0.692. The summed E-state index contributed by atoms with van der Waals surface area (Å²) in [5.41, 5.74) is 1.16. The van der Waals surface area contributed by atoms with Crippen LogP contribution in [0, 0.1) is 11.3 Å². The summed E-state index contributed by atoms with van der Waals surface area (Å²) < 4.78 is 0. The van der Waals surface area contributed by atoms with E-state index < -0.39 is 0 Å². The van der Waals surface area contributed by atoms with Gasteiger partial charge in [0.25, 0.3) is 0 Å². The summed E-state index contributed by atoms with van der Waals surface area (Å²) in [6.07, 6.45) is 7.30.